The lowest BCUT2D eigenvalue weighted by Gasteiger charge is -2.19. The van der Waals surface area contributed by atoms with E-state index in [9.17, 15) is 14.4 Å². The van der Waals surface area contributed by atoms with E-state index in [4.69, 9.17) is 6.42 Å². The summed E-state index contributed by atoms with van der Waals surface area (Å²) in [5.74, 6) is 1.52. The maximum Gasteiger partial charge on any atom is 0.259 e. The number of nitrogens with one attached hydrogen (secondary N) is 2. The number of terminal acetylenes is 1. The Morgan fingerprint density at radius 3 is 2.60 bits per heavy atom. The summed E-state index contributed by atoms with van der Waals surface area (Å²) in [6.45, 7) is 3.90. The summed E-state index contributed by atoms with van der Waals surface area (Å²) in [5, 5.41) is 2.61. The standard InChI is InChI=1S/C23H24N4O3/c1-6-9-24-22(29)16-7-8-17-18(12-19-14(2)10-15(3)25-19)23(30)27(20(17)11-16)13-21(28)26(4)5/h1,7-8,10-12,25H,9,13H2,2-5H3,(H,24,29)/b18-12-. The van der Waals surface area contributed by atoms with E-state index in [0.29, 0.717) is 22.4 Å². The molecule has 0 bridgehead atoms. The van der Waals surface area contributed by atoms with Gasteiger partial charge >= 0.3 is 0 Å². The van der Waals surface area contributed by atoms with Gasteiger partial charge in [-0.25, -0.2) is 0 Å². The van der Waals surface area contributed by atoms with Crippen LogP contribution in [0.5, 0.6) is 0 Å². The van der Waals surface area contributed by atoms with Crippen LogP contribution in [0.4, 0.5) is 5.69 Å². The molecular weight excluding hydrogens is 380 g/mol. The summed E-state index contributed by atoms with van der Waals surface area (Å²) in [7, 11) is 3.27. The monoisotopic (exact) mass is 404 g/mol. The molecule has 1 aromatic heterocycles. The number of likely N-dealkylation sites (N-methyl/N-ethyl adjacent to an activating group) is 1. The Balaban J connectivity index is 2.08. The molecule has 0 saturated heterocycles. The van der Waals surface area contributed by atoms with Gasteiger partial charge in [0.2, 0.25) is 5.91 Å². The molecule has 0 unspecified atom stereocenters. The van der Waals surface area contributed by atoms with Crippen LogP contribution in [0.2, 0.25) is 0 Å². The first-order chi connectivity index (χ1) is 14.2. The maximum absolute atomic E-state index is 13.2. The van der Waals surface area contributed by atoms with Gasteiger partial charge in [-0.15, -0.1) is 6.42 Å². The lowest BCUT2D eigenvalue weighted by Crippen LogP contribution is -2.38. The molecule has 0 fully saturated rings. The number of aromatic nitrogens is 1. The van der Waals surface area contributed by atoms with Crippen molar-refractivity contribution in [2.24, 2.45) is 0 Å². The molecule has 1 aliphatic rings. The van der Waals surface area contributed by atoms with Crippen LogP contribution < -0.4 is 10.2 Å². The van der Waals surface area contributed by atoms with E-state index >= 15 is 0 Å². The minimum atomic E-state index is -0.338. The number of carbonyl (C=O) groups excluding carboxylic acids is 3. The van der Waals surface area contributed by atoms with Crippen molar-refractivity contribution in [3.63, 3.8) is 0 Å². The summed E-state index contributed by atoms with van der Waals surface area (Å²) >= 11 is 0. The fourth-order valence-corrected chi connectivity index (χ4v) is 3.34. The minimum absolute atomic E-state index is 0.105. The lowest BCUT2D eigenvalue weighted by atomic mass is 10.0. The first kappa shape index (κ1) is 20.9. The number of aryl methyl sites for hydroxylation is 2. The van der Waals surface area contributed by atoms with Crippen LogP contribution in [0.15, 0.2) is 24.3 Å². The SMILES string of the molecule is C#CCNC(=O)c1ccc2c(c1)N(CC(=O)N(C)C)C(=O)/C2=C\c1[nH]c(C)cc1C. The topological polar surface area (TPSA) is 85.5 Å². The number of anilines is 1. The number of H-pyrrole nitrogens is 1. The van der Waals surface area contributed by atoms with Gasteiger partial charge in [0.15, 0.2) is 0 Å². The number of amides is 3. The van der Waals surface area contributed by atoms with Gasteiger partial charge in [0.1, 0.15) is 6.54 Å². The number of aromatic amines is 1. The highest BCUT2D eigenvalue weighted by Gasteiger charge is 2.34. The summed E-state index contributed by atoms with van der Waals surface area (Å²) in [6, 6.07) is 7.00. The number of rotatable bonds is 5. The molecule has 30 heavy (non-hydrogen) atoms. The average molecular weight is 404 g/mol. The molecule has 2 heterocycles. The molecule has 2 aromatic rings. The third kappa shape index (κ3) is 3.98. The third-order valence-electron chi connectivity index (χ3n) is 4.94. The van der Waals surface area contributed by atoms with Crippen LogP contribution in [-0.4, -0.2) is 54.8 Å². The van der Waals surface area contributed by atoms with E-state index in [-0.39, 0.29) is 30.8 Å². The number of carbonyl (C=O) groups is 3. The van der Waals surface area contributed by atoms with E-state index in [1.54, 1.807) is 38.4 Å². The molecule has 0 atom stereocenters. The van der Waals surface area contributed by atoms with Crippen molar-refractivity contribution in [3.8, 4) is 12.3 Å². The second-order valence-corrected chi connectivity index (χ2v) is 7.41. The summed E-state index contributed by atoms with van der Waals surface area (Å²) in [5.41, 5.74) is 4.87. The number of hydrogen-bond donors (Lipinski definition) is 2. The highest BCUT2D eigenvalue weighted by molar-refractivity contribution is 6.36. The summed E-state index contributed by atoms with van der Waals surface area (Å²) < 4.78 is 0. The Bertz CT molecular complexity index is 1100. The molecule has 0 aliphatic carbocycles. The van der Waals surface area contributed by atoms with Crippen molar-refractivity contribution in [2.45, 2.75) is 13.8 Å². The van der Waals surface area contributed by atoms with Gasteiger partial charge in [0, 0.05) is 36.6 Å². The Hall–Kier alpha value is -3.79. The van der Waals surface area contributed by atoms with E-state index in [1.807, 2.05) is 19.9 Å². The van der Waals surface area contributed by atoms with Crippen molar-refractivity contribution in [1.82, 2.24) is 15.2 Å². The van der Waals surface area contributed by atoms with Crippen LogP contribution in [0.3, 0.4) is 0 Å². The Kier molecular flexibility index (Phi) is 5.79. The van der Waals surface area contributed by atoms with Crippen molar-refractivity contribution in [3.05, 3.63) is 52.3 Å². The second kappa shape index (κ2) is 8.29. The molecule has 7 heteroatoms. The molecular formula is C23H24N4O3. The molecule has 3 amide bonds. The molecule has 2 N–H and O–H groups in total. The van der Waals surface area contributed by atoms with Gasteiger partial charge in [-0.05, 0) is 43.7 Å². The smallest absolute Gasteiger partial charge is 0.259 e. The van der Waals surface area contributed by atoms with E-state index in [2.05, 4.69) is 16.2 Å². The highest BCUT2D eigenvalue weighted by Crippen LogP contribution is 2.38. The molecule has 1 aliphatic heterocycles. The fraction of sp³-hybridized carbons (Fsp3) is 0.261. The van der Waals surface area contributed by atoms with Crippen LogP contribution >= 0.6 is 0 Å². The molecule has 1 aromatic carbocycles. The maximum atomic E-state index is 13.2. The number of hydrogen-bond acceptors (Lipinski definition) is 3. The van der Waals surface area contributed by atoms with Gasteiger partial charge in [-0.3, -0.25) is 19.3 Å². The Labute approximate surface area is 175 Å². The van der Waals surface area contributed by atoms with E-state index in [0.717, 1.165) is 17.0 Å². The normalized spacial score (nSPS) is 13.9. The van der Waals surface area contributed by atoms with Crippen LogP contribution in [-0.2, 0) is 9.59 Å². The van der Waals surface area contributed by atoms with Crippen molar-refractivity contribution < 1.29 is 14.4 Å². The van der Waals surface area contributed by atoms with Gasteiger partial charge in [0.05, 0.1) is 17.8 Å². The largest absolute Gasteiger partial charge is 0.359 e. The number of benzene rings is 1. The number of fused-ring (bicyclic) bond motifs is 1. The van der Waals surface area contributed by atoms with Crippen LogP contribution in [0.25, 0.3) is 11.6 Å². The minimum Gasteiger partial charge on any atom is -0.359 e. The van der Waals surface area contributed by atoms with Gasteiger partial charge < -0.3 is 15.2 Å². The van der Waals surface area contributed by atoms with Crippen LogP contribution in [0.1, 0.15) is 32.9 Å². The zero-order valence-corrected chi connectivity index (χ0v) is 17.5. The van der Waals surface area contributed by atoms with E-state index in [1.165, 1.54) is 9.80 Å². The molecule has 154 valence electrons. The Morgan fingerprint density at radius 2 is 2.00 bits per heavy atom. The first-order valence-electron chi connectivity index (χ1n) is 9.49. The second-order valence-electron chi connectivity index (χ2n) is 7.41. The third-order valence-corrected chi connectivity index (χ3v) is 4.94. The molecule has 7 nitrogen and oxygen atoms in total. The van der Waals surface area contributed by atoms with Crippen molar-refractivity contribution in [2.75, 3.05) is 32.1 Å². The van der Waals surface area contributed by atoms with Gasteiger partial charge in [-0.2, -0.15) is 0 Å². The lowest BCUT2D eigenvalue weighted by molar-refractivity contribution is -0.128. The zero-order chi connectivity index (χ0) is 22.0. The van der Waals surface area contributed by atoms with Gasteiger partial charge in [0.25, 0.3) is 11.8 Å². The van der Waals surface area contributed by atoms with Crippen molar-refractivity contribution in [1.29, 1.82) is 0 Å². The summed E-state index contributed by atoms with van der Waals surface area (Å²) in [4.78, 5) is 44.0. The quantitative estimate of drug-likeness (QED) is 0.590. The van der Waals surface area contributed by atoms with Gasteiger partial charge in [-0.1, -0.05) is 12.0 Å². The molecule has 0 saturated carbocycles. The predicted molar refractivity (Wildman–Crippen MR) is 117 cm³/mol. The molecule has 0 radical (unpaired) electrons. The fourth-order valence-electron chi connectivity index (χ4n) is 3.34. The average Bonchev–Trinajstić information content (AvgIpc) is 3.16. The highest BCUT2D eigenvalue weighted by atomic mass is 16.2. The van der Waals surface area contributed by atoms with Crippen LogP contribution in [0, 0.1) is 26.2 Å². The number of nitrogens with zero attached hydrogens (tertiary/aromatic N) is 2. The Morgan fingerprint density at radius 1 is 1.27 bits per heavy atom. The first-order valence-corrected chi connectivity index (χ1v) is 9.49. The van der Waals surface area contributed by atoms with Crippen molar-refractivity contribution >= 4 is 35.1 Å². The molecule has 0 spiro atoms. The molecule has 3 rings (SSSR count). The zero-order valence-electron chi connectivity index (χ0n) is 17.5. The van der Waals surface area contributed by atoms with E-state index < -0.39 is 0 Å². The summed E-state index contributed by atoms with van der Waals surface area (Å²) in [6.07, 6.45) is 7.00. The predicted octanol–water partition coefficient (Wildman–Crippen LogP) is 1.97.